The van der Waals surface area contributed by atoms with E-state index < -0.39 is 11.4 Å². The fourth-order valence-electron chi connectivity index (χ4n) is 2.52. The number of likely N-dealkylation sites (tertiary alicyclic amines) is 1. The van der Waals surface area contributed by atoms with Crippen LogP contribution in [0.25, 0.3) is 0 Å². The zero-order valence-electron chi connectivity index (χ0n) is 11.8. The molecule has 1 fully saturated rings. The van der Waals surface area contributed by atoms with E-state index in [0.717, 1.165) is 5.69 Å². The summed E-state index contributed by atoms with van der Waals surface area (Å²) in [5, 5.41) is 9.34. The number of carbonyl (C=O) groups is 2. The molecule has 1 saturated heterocycles. The van der Waals surface area contributed by atoms with Gasteiger partial charge in [-0.25, -0.2) is 4.98 Å². The number of carboxylic acids is 1. The highest BCUT2D eigenvalue weighted by Crippen LogP contribution is 2.35. The average molecular weight is 277 g/mol. The fourth-order valence-corrected chi connectivity index (χ4v) is 2.52. The zero-order valence-corrected chi connectivity index (χ0v) is 11.8. The predicted octanol–water partition coefficient (Wildman–Crippen LogP) is 1.50. The minimum absolute atomic E-state index is 0.174. The van der Waals surface area contributed by atoms with E-state index in [-0.39, 0.29) is 5.91 Å². The molecular weight excluding hydrogens is 258 g/mol. The molecule has 0 aliphatic carbocycles. The normalized spacial score (nSPS) is 17.8. The summed E-state index contributed by atoms with van der Waals surface area (Å²) in [6.07, 6.45) is 4.60. The van der Waals surface area contributed by atoms with Crippen molar-refractivity contribution in [3.05, 3.63) is 23.8 Å². The van der Waals surface area contributed by atoms with E-state index in [2.05, 4.69) is 9.97 Å². The number of piperidine rings is 1. The van der Waals surface area contributed by atoms with Crippen molar-refractivity contribution in [3.8, 4) is 0 Å². The molecule has 0 bridgehead atoms. The van der Waals surface area contributed by atoms with Crippen LogP contribution in [0, 0.1) is 12.3 Å². The van der Waals surface area contributed by atoms with Crippen LogP contribution in [0.1, 0.15) is 42.4 Å². The maximum absolute atomic E-state index is 12.3. The summed E-state index contributed by atoms with van der Waals surface area (Å²) in [5.41, 5.74) is 0.390. The molecule has 20 heavy (non-hydrogen) atoms. The van der Waals surface area contributed by atoms with E-state index in [9.17, 15) is 14.7 Å². The minimum atomic E-state index is -0.762. The molecule has 6 heteroatoms. The van der Waals surface area contributed by atoms with Gasteiger partial charge in [-0.1, -0.05) is 6.92 Å². The van der Waals surface area contributed by atoms with Crippen molar-refractivity contribution in [1.82, 2.24) is 14.9 Å². The van der Waals surface area contributed by atoms with E-state index in [1.54, 1.807) is 11.1 Å². The van der Waals surface area contributed by atoms with E-state index >= 15 is 0 Å². The van der Waals surface area contributed by atoms with E-state index in [1.165, 1.54) is 6.20 Å². The van der Waals surface area contributed by atoms with E-state index in [1.807, 2.05) is 13.8 Å². The molecule has 1 aliphatic heterocycles. The molecule has 1 amide bonds. The van der Waals surface area contributed by atoms with Gasteiger partial charge in [0.1, 0.15) is 5.69 Å². The number of aliphatic carboxylic acids is 1. The number of nitrogens with zero attached hydrogens (tertiary/aromatic N) is 3. The topological polar surface area (TPSA) is 83.4 Å². The summed E-state index contributed by atoms with van der Waals surface area (Å²) in [4.78, 5) is 33.4. The SMILES string of the molecule is CCC1(C(=O)O)CCN(C(=O)c2cnc(C)cn2)CC1. The number of amides is 1. The molecule has 1 N–H and O–H groups in total. The lowest BCUT2D eigenvalue weighted by atomic mass is 9.76. The molecule has 1 aromatic rings. The number of hydrogen-bond donors (Lipinski definition) is 1. The Labute approximate surface area is 117 Å². The maximum atomic E-state index is 12.3. The third-order valence-corrected chi connectivity index (χ3v) is 4.14. The van der Waals surface area contributed by atoms with Gasteiger partial charge in [-0.2, -0.15) is 0 Å². The van der Waals surface area contributed by atoms with Crippen LogP contribution in [0.3, 0.4) is 0 Å². The van der Waals surface area contributed by atoms with Gasteiger partial charge in [-0.05, 0) is 26.2 Å². The van der Waals surface area contributed by atoms with Gasteiger partial charge in [0.25, 0.3) is 5.91 Å². The van der Waals surface area contributed by atoms with Crippen molar-refractivity contribution >= 4 is 11.9 Å². The second-order valence-electron chi connectivity index (χ2n) is 5.27. The van der Waals surface area contributed by atoms with Crippen LogP contribution in [0.4, 0.5) is 0 Å². The lowest BCUT2D eigenvalue weighted by Gasteiger charge is -2.38. The Morgan fingerprint density at radius 2 is 1.95 bits per heavy atom. The van der Waals surface area contributed by atoms with Crippen molar-refractivity contribution in [3.63, 3.8) is 0 Å². The summed E-state index contributed by atoms with van der Waals surface area (Å²) in [5.74, 6) is -0.935. The molecule has 1 aromatic heterocycles. The van der Waals surface area contributed by atoms with Crippen molar-refractivity contribution in [2.24, 2.45) is 5.41 Å². The second-order valence-corrected chi connectivity index (χ2v) is 5.27. The second kappa shape index (κ2) is 5.56. The average Bonchev–Trinajstić information content (AvgIpc) is 2.47. The van der Waals surface area contributed by atoms with Crippen molar-refractivity contribution < 1.29 is 14.7 Å². The fraction of sp³-hybridized carbons (Fsp3) is 0.571. The molecule has 0 saturated carbocycles. The Morgan fingerprint density at radius 3 is 2.40 bits per heavy atom. The molecule has 2 rings (SSSR count). The molecule has 6 nitrogen and oxygen atoms in total. The first-order valence-electron chi connectivity index (χ1n) is 6.80. The van der Waals surface area contributed by atoms with E-state index in [0.29, 0.717) is 38.0 Å². The van der Waals surface area contributed by atoms with Crippen molar-refractivity contribution in [1.29, 1.82) is 0 Å². The van der Waals surface area contributed by atoms with Crippen LogP contribution in [0.15, 0.2) is 12.4 Å². The Kier molecular flexibility index (Phi) is 4.01. The van der Waals surface area contributed by atoms with Crippen LogP contribution in [0.2, 0.25) is 0 Å². The molecule has 1 aliphatic rings. The first kappa shape index (κ1) is 14.4. The maximum Gasteiger partial charge on any atom is 0.309 e. The highest BCUT2D eigenvalue weighted by Gasteiger charge is 2.41. The highest BCUT2D eigenvalue weighted by molar-refractivity contribution is 5.92. The summed E-state index contributed by atoms with van der Waals surface area (Å²) >= 11 is 0. The summed E-state index contributed by atoms with van der Waals surface area (Å²) in [6.45, 7) is 4.60. The van der Waals surface area contributed by atoms with E-state index in [4.69, 9.17) is 0 Å². The van der Waals surface area contributed by atoms with Crippen LogP contribution >= 0.6 is 0 Å². The van der Waals surface area contributed by atoms with Crippen LogP contribution in [-0.4, -0.2) is 44.9 Å². The molecule has 108 valence electrons. The lowest BCUT2D eigenvalue weighted by Crippen LogP contribution is -2.46. The Morgan fingerprint density at radius 1 is 1.30 bits per heavy atom. The summed E-state index contributed by atoms with van der Waals surface area (Å²) in [7, 11) is 0. The first-order valence-corrected chi connectivity index (χ1v) is 6.80. The number of carboxylic acid groups (broad SMARTS) is 1. The molecular formula is C14H19N3O3. The summed E-state index contributed by atoms with van der Waals surface area (Å²) in [6, 6.07) is 0. The first-order chi connectivity index (χ1) is 9.48. The third-order valence-electron chi connectivity index (χ3n) is 4.14. The molecule has 0 unspecified atom stereocenters. The van der Waals surface area contributed by atoms with Crippen molar-refractivity contribution in [2.75, 3.05) is 13.1 Å². The zero-order chi connectivity index (χ0) is 14.8. The Balaban J connectivity index is 2.05. The minimum Gasteiger partial charge on any atom is -0.481 e. The molecule has 0 spiro atoms. The van der Waals surface area contributed by atoms with Crippen molar-refractivity contribution in [2.45, 2.75) is 33.1 Å². The standard InChI is InChI=1S/C14H19N3O3/c1-3-14(13(19)20)4-6-17(7-5-14)12(18)11-9-15-10(2)8-16-11/h8-9H,3-7H2,1-2H3,(H,19,20). The monoisotopic (exact) mass is 277 g/mol. The van der Waals surface area contributed by atoms with Gasteiger partial charge in [0.15, 0.2) is 0 Å². The van der Waals surface area contributed by atoms with Crippen LogP contribution < -0.4 is 0 Å². The lowest BCUT2D eigenvalue weighted by molar-refractivity contribution is -0.152. The van der Waals surface area contributed by atoms with Gasteiger partial charge in [-0.15, -0.1) is 0 Å². The quantitative estimate of drug-likeness (QED) is 0.905. The number of carbonyl (C=O) groups excluding carboxylic acids is 1. The number of rotatable bonds is 3. The Hall–Kier alpha value is -1.98. The number of aromatic nitrogens is 2. The Bertz CT molecular complexity index is 505. The largest absolute Gasteiger partial charge is 0.481 e. The van der Waals surface area contributed by atoms with Gasteiger partial charge in [-0.3, -0.25) is 14.6 Å². The summed E-state index contributed by atoms with van der Waals surface area (Å²) < 4.78 is 0. The molecule has 0 radical (unpaired) electrons. The third kappa shape index (κ3) is 2.64. The van der Waals surface area contributed by atoms with Crippen LogP contribution in [-0.2, 0) is 4.79 Å². The van der Waals surface area contributed by atoms with Gasteiger partial charge in [0, 0.05) is 19.3 Å². The smallest absolute Gasteiger partial charge is 0.309 e. The highest BCUT2D eigenvalue weighted by atomic mass is 16.4. The van der Waals surface area contributed by atoms with Gasteiger partial charge < -0.3 is 10.0 Å². The predicted molar refractivity (Wildman–Crippen MR) is 72.3 cm³/mol. The molecule has 0 atom stereocenters. The van der Waals surface area contributed by atoms with Crippen LogP contribution in [0.5, 0.6) is 0 Å². The number of hydrogen-bond acceptors (Lipinski definition) is 4. The van der Waals surface area contributed by atoms with Gasteiger partial charge in [0.05, 0.1) is 17.3 Å². The van der Waals surface area contributed by atoms with Gasteiger partial charge in [0.2, 0.25) is 0 Å². The number of aryl methyl sites for hydroxylation is 1. The van der Waals surface area contributed by atoms with Gasteiger partial charge >= 0.3 is 5.97 Å². The molecule has 0 aromatic carbocycles. The molecule has 2 heterocycles.